The lowest BCUT2D eigenvalue weighted by Gasteiger charge is -2.35. The molecule has 6 nitrogen and oxygen atoms in total. The number of aromatic nitrogens is 4. The van der Waals surface area contributed by atoms with Crippen LogP contribution in [0, 0.1) is 6.92 Å². The molecule has 4 heterocycles. The number of aryl methyl sites for hydroxylation is 1. The smallest absolute Gasteiger partial charge is 0.154 e. The van der Waals surface area contributed by atoms with Gasteiger partial charge in [0.15, 0.2) is 5.65 Å². The Kier molecular flexibility index (Phi) is 4.69. The number of nitrogens with zero attached hydrogens (tertiary/aromatic N) is 6. The first kappa shape index (κ1) is 17.8. The summed E-state index contributed by atoms with van der Waals surface area (Å²) in [5.41, 5.74) is 5.21. The Hall–Kier alpha value is -3.25. The molecule has 3 aromatic heterocycles. The highest BCUT2D eigenvalue weighted by atomic mass is 15.4. The van der Waals surface area contributed by atoms with Gasteiger partial charge >= 0.3 is 0 Å². The molecule has 0 bridgehead atoms. The number of hydrogen-bond donors (Lipinski definition) is 0. The van der Waals surface area contributed by atoms with Crippen molar-refractivity contribution in [3.63, 3.8) is 0 Å². The zero-order chi connectivity index (χ0) is 19.6. The second-order valence-electron chi connectivity index (χ2n) is 7.46. The van der Waals surface area contributed by atoms with E-state index < -0.39 is 0 Å². The third kappa shape index (κ3) is 3.59. The SMILES string of the molecule is Cc1c(-c2ccccc2)nc2ccc(N3CCN(Cc4ccccn4)CC3)nn12. The summed E-state index contributed by atoms with van der Waals surface area (Å²) < 4.78 is 1.97. The average Bonchev–Trinajstić information content (AvgIpc) is 3.12. The predicted molar refractivity (Wildman–Crippen MR) is 115 cm³/mol. The third-order valence-electron chi connectivity index (χ3n) is 5.54. The van der Waals surface area contributed by atoms with Crippen molar-refractivity contribution in [3.8, 4) is 11.3 Å². The van der Waals surface area contributed by atoms with Crippen LogP contribution in [0.15, 0.2) is 66.9 Å². The number of hydrogen-bond acceptors (Lipinski definition) is 5. The lowest BCUT2D eigenvalue weighted by molar-refractivity contribution is 0.246. The predicted octanol–water partition coefficient (Wildman–Crippen LogP) is 3.42. The zero-order valence-electron chi connectivity index (χ0n) is 16.6. The second-order valence-corrected chi connectivity index (χ2v) is 7.46. The largest absolute Gasteiger partial charge is 0.353 e. The molecule has 0 aliphatic carbocycles. The summed E-state index contributed by atoms with van der Waals surface area (Å²) in [6, 6.07) is 20.6. The highest BCUT2D eigenvalue weighted by Crippen LogP contribution is 2.24. The number of imidazole rings is 1. The minimum absolute atomic E-state index is 0.888. The molecule has 4 aromatic rings. The van der Waals surface area contributed by atoms with Gasteiger partial charge in [-0.2, -0.15) is 0 Å². The zero-order valence-corrected chi connectivity index (χ0v) is 16.6. The van der Waals surface area contributed by atoms with Crippen LogP contribution in [0.5, 0.6) is 0 Å². The standard InChI is InChI=1S/C23H24N6/c1-18-23(19-7-3-2-4-8-19)25-21-10-11-22(26-29(18)21)28-15-13-27(14-16-28)17-20-9-5-6-12-24-20/h2-12H,13-17H2,1H3. The van der Waals surface area contributed by atoms with E-state index in [0.29, 0.717) is 0 Å². The molecule has 0 N–H and O–H groups in total. The van der Waals surface area contributed by atoms with Gasteiger partial charge in [0.05, 0.1) is 17.1 Å². The molecule has 5 rings (SSSR count). The summed E-state index contributed by atoms with van der Waals surface area (Å²) in [5.74, 6) is 1.01. The van der Waals surface area contributed by atoms with E-state index >= 15 is 0 Å². The van der Waals surface area contributed by atoms with E-state index in [1.54, 1.807) is 0 Å². The third-order valence-corrected chi connectivity index (χ3v) is 5.54. The fourth-order valence-electron chi connectivity index (χ4n) is 3.93. The van der Waals surface area contributed by atoms with Crippen molar-refractivity contribution in [1.82, 2.24) is 24.5 Å². The highest BCUT2D eigenvalue weighted by molar-refractivity contribution is 5.66. The number of anilines is 1. The lowest BCUT2D eigenvalue weighted by Crippen LogP contribution is -2.46. The molecule has 1 aliphatic rings. The highest BCUT2D eigenvalue weighted by Gasteiger charge is 2.20. The van der Waals surface area contributed by atoms with E-state index in [0.717, 1.165) is 66.8 Å². The molecule has 0 radical (unpaired) electrons. The Balaban J connectivity index is 1.33. The monoisotopic (exact) mass is 384 g/mol. The van der Waals surface area contributed by atoms with Gasteiger partial charge in [-0.1, -0.05) is 36.4 Å². The van der Waals surface area contributed by atoms with Crippen LogP contribution in [-0.4, -0.2) is 50.7 Å². The summed E-state index contributed by atoms with van der Waals surface area (Å²) in [4.78, 5) is 14.0. The molecule has 0 spiro atoms. The van der Waals surface area contributed by atoms with Crippen LogP contribution in [-0.2, 0) is 6.54 Å². The number of rotatable bonds is 4. The molecular weight excluding hydrogens is 360 g/mol. The molecule has 0 saturated carbocycles. The molecule has 29 heavy (non-hydrogen) atoms. The van der Waals surface area contributed by atoms with E-state index in [4.69, 9.17) is 10.1 Å². The molecule has 0 amide bonds. The minimum Gasteiger partial charge on any atom is -0.353 e. The normalized spacial score (nSPS) is 15.1. The van der Waals surface area contributed by atoms with E-state index in [1.165, 1.54) is 0 Å². The number of pyridine rings is 1. The molecule has 0 unspecified atom stereocenters. The Labute approximate surface area is 170 Å². The van der Waals surface area contributed by atoms with Crippen LogP contribution in [0.3, 0.4) is 0 Å². The fraction of sp³-hybridized carbons (Fsp3) is 0.261. The van der Waals surface area contributed by atoms with Crippen molar-refractivity contribution in [2.45, 2.75) is 13.5 Å². The van der Waals surface area contributed by atoms with Crippen molar-refractivity contribution in [3.05, 3.63) is 78.2 Å². The number of fused-ring (bicyclic) bond motifs is 1. The van der Waals surface area contributed by atoms with Gasteiger partial charge < -0.3 is 4.90 Å². The molecule has 1 aliphatic heterocycles. The summed E-state index contributed by atoms with van der Waals surface area (Å²) in [6.45, 7) is 6.93. The maximum absolute atomic E-state index is 4.90. The van der Waals surface area contributed by atoms with Gasteiger partial charge in [0.1, 0.15) is 5.82 Å². The van der Waals surface area contributed by atoms with Crippen molar-refractivity contribution < 1.29 is 0 Å². The van der Waals surface area contributed by atoms with Crippen molar-refractivity contribution in [2.24, 2.45) is 0 Å². The summed E-state index contributed by atoms with van der Waals surface area (Å²) in [7, 11) is 0. The Morgan fingerprint density at radius 3 is 2.41 bits per heavy atom. The molecule has 1 fully saturated rings. The Bertz CT molecular complexity index is 1100. The van der Waals surface area contributed by atoms with E-state index in [1.807, 2.05) is 35.0 Å². The molecule has 1 saturated heterocycles. The maximum Gasteiger partial charge on any atom is 0.154 e. The van der Waals surface area contributed by atoms with Gasteiger partial charge in [-0.25, -0.2) is 9.50 Å². The van der Waals surface area contributed by atoms with Crippen molar-refractivity contribution >= 4 is 11.5 Å². The summed E-state index contributed by atoms with van der Waals surface area (Å²) >= 11 is 0. The maximum atomic E-state index is 4.90. The molecule has 0 atom stereocenters. The van der Waals surface area contributed by atoms with E-state index in [2.05, 4.69) is 58.1 Å². The van der Waals surface area contributed by atoms with Crippen LogP contribution in [0.25, 0.3) is 16.9 Å². The van der Waals surface area contributed by atoms with Crippen LogP contribution < -0.4 is 4.90 Å². The Morgan fingerprint density at radius 2 is 1.66 bits per heavy atom. The molecule has 1 aromatic carbocycles. The first-order chi connectivity index (χ1) is 14.3. The van der Waals surface area contributed by atoms with Crippen LogP contribution in [0.4, 0.5) is 5.82 Å². The van der Waals surface area contributed by atoms with Gasteiger partial charge in [-0.15, -0.1) is 5.10 Å². The topological polar surface area (TPSA) is 49.6 Å². The van der Waals surface area contributed by atoms with Crippen molar-refractivity contribution in [1.29, 1.82) is 0 Å². The van der Waals surface area contributed by atoms with Gasteiger partial charge in [0.2, 0.25) is 0 Å². The first-order valence-corrected chi connectivity index (χ1v) is 10.1. The average molecular weight is 384 g/mol. The quantitative estimate of drug-likeness (QED) is 0.540. The first-order valence-electron chi connectivity index (χ1n) is 10.1. The van der Waals surface area contributed by atoms with E-state index in [-0.39, 0.29) is 0 Å². The number of piperazine rings is 1. The van der Waals surface area contributed by atoms with Crippen molar-refractivity contribution in [2.75, 3.05) is 31.1 Å². The number of benzene rings is 1. The van der Waals surface area contributed by atoms with Gasteiger partial charge in [-0.3, -0.25) is 9.88 Å². The minimum atomic E-state index is 0.888. The second kappa shape index (κ2) is 7.64. The van der Waals surface area contributed by atoms with Crippen LogP contribution >= 0.6 is 0 Å². The molecule has 146 valence electrons. The Morgan fingerprint density at radius 1 is 0.862 bits per heavy atom. The van der Waals surface area contributed by atoms with Crippen LogP contribution in [0.1, 0.15) is 11.4 Å². The fourth-order valence-corrected chi connectivity index (χ4v) is 3.93. The van der Waals surface area contributed by atoms with Crippen LogP contribution in [0.2, 0.25) is 0 Å². The van der Waals surface area contributed by atoms with Gasteiger partial charge in [0.25, 0.3) is 0 Å². The van der Waals surface area contributed by atoms with E-state index in [9.17, 15) is 0 Å². The molecular formula is C23H24N6. The summed E-state index contributed by atoms with van der Waals surface area (Å²) in [5, 5.41) is 4.90. The molecule has 6 heteroatoms. The van der Waals surface area contributed by atoms with Gasteiger partial charge in [-0.05, 0) is 31.2 Å². The van der Waals surface area contributed by atoms with Gasteiger partial charge in [0, 0.05) is 44.5 Å². The summed E-state index contributed by atoms with van der Waals surface area (Å²) in [6.07, 6.45) is 1.86. The lowest BCUT2D eigenvalue weighted by atomic mass is 10.1.